The lowest BCUT2D eigenvalue weighted by Gasteiger charge is -1.96. The Bertz CT molecular complexity index is 555. The minimum Gasteiger partial charge on any atom is -0.331 e. The maximum atomic E-state index is 11.8. The van der Waals surface area contributed by atoms with Crippen LogP contribution in [0.25, 0.3) is 6.08 Å². The van der Waals surface area contributed by atoms with Crippen molar-refractivity contribution < 1.29 is 4.79 Å². The van der Waals surface area contributed by atoms with Gasteiger partial charge in [0.15, 0.2) is 5.82 Å². The third-order valence-electron chi connectivity index (χ3n) is 2.34. The molecule has 0 aliphatic rings. The number of hydrogen-bond acceptors (Lipinski definition) is 2. The van der Waals surface area contributed by atoms with Crippen LogP contribution in [0, 0.1) is 0 Å². The average molecular weight is 247 g/mol. The van der Waals surface area contributed by atoms with Gasteiger partial charge in [-0.25, -0.2) is 4.98 Å². The summed E-state index contributed by atoms with van der Waals surface area (Å²) < 4.78 is 1.69. The second-order valence-corrected chi connectivity index (χ2v) is 4.05. The Kier molecular flexibility index (Phi) is 3.40. The summed E-state index contributed by atoms with van der Waals surface area (Å²) in [5.74, 6) is 0.308. The van der Waals surface area contributed by atoms with Crippen molar-refractivity contribution in [2.24, 2.45) is 7.05 Å². The number of nitrogens with zero attached hydrogens (tertiary/aromatic N) is 2. The molecule has 0 bridgehead atoms. The van der Waals surface area contributed by atoms with Gasteiger partial charge in [-0.3, -0.25) is 4.79 Å². The molecule has 2 rings (SSSR count). The van der Waals surface area contributed by atoms with Gasteiger partial charge in [0.05, 0.1) is 0 Å². The van der Waals surface area contributed by atoms with Crippen molar-refractivity contribution >= 4 is 23.5 Å². The molecule has 2 aromatic rings. The fraction of sp³-hybridized carbons (Fsp3) is 0.0769. The maximum Gasteiger partial charge on any atom is 0.221 e. The quantitative estimate of drug-likeness (QED) is 0.617. The van der Waals surface area contributed by atoms with E-state index in [0.29, 0.717) is 10.8 Å². The summed E-state index contributed by atoms with van der Waals surface area (Å²) >= 11 is 5.77. The number of imidazole rings is 1. The van der Waals surface area contributed by atoms with Crippen molar-refractivity contribution in [3.63, 3.8) is 0 Å². The van der Waals surface area contributed by atoms with Crippen LogP contribution in [0.15, 0.2) is 42.7 Å². The zero-order chi connectivity index (χ0) is 12.3. The minimum absolute atomic E-state index is 0.118. The number of ketones is 1. The molecule has 86 valence electrons. The standard InChI is InChI=1S/C13H11ClN2O/c1-16-9-8-15-13(16)12(17)7-4-10-2-5-11(14)6-3-10/h2-9H,1H3/b7-4+. The van der Waals surface area contributed by atoms with E-state index in [1.165, 1.54) is 6.08 Å². The van der Waals surface area contributed by atoms with E-state index in [9.17, 15) is 4.79 Å². The van der Waals surface area contributed by atoms with Gasteiger partial charge < -0.3 is 4.57 Å². The zero-order valence-corrected chi connectivity index (χ0v) is 10.1. The van der Waals surface area contributed by atoms with Gasteiger partial charge in [-0.05, 0) is 23.8 Å². The average Bonchev–Trinajstić information content (AvgIpc) is 2.74. The Morgan fingerprint density at radius 3 is 2.65 bits per heavy atom. The monoisotopic (exact) mass is 246 g/mol. The predicted molar refractivity (Wildman–Crippen MR) is 68.0 cm³/mol. The first-order valence-electron chi connectivity index (χ1n) is 5.12. The van der Waals surface area contributed by atoms with Crippen LogP contribution in [0.2, 0.25) is 5.02 Å². The Hall–Kier alpha value is -1.87. The summed E-state index contributed by atoms with van der Waals surface area (Å²) in [6.45, 7) is 0. The van der Waals surface area contributed by atoms with Crippen molar-refractivity contribution in [1.29, 1.82) is 0 Å². The second-order valence-electron chi connectivity index (χ2n) is 3.61. The molecule has 4 heteroatoms. The van der Waals surface area contributed by atoms with E-state index in [1.54, 1.807) is 42.2 Å². The van der Waals surface area contributed by atoms with Gasteiger partial charge in [0.25, 0.3) is 0 Å². The van der Waals surface area contributed by atoms with Gasteiger partial charge in [0, 0.05) is 24.5 Å². The molecule has 0 unspecified atom stereocenters. The molecule has 0 aliphatic heterocycles. The van der Waals surface area contributed by atoms with E-state index in [-0.39, 0.29) is 5.78 Å². The Labute approximate surface area is 104 Å². The number of rotatable bonds is 3. The van der Waals surface area contributed by atoms with E-state index in [4.69, 9.17) is 11.6 Å². The van der Waals surface area contributed by atoms with Crippen molar-refractivity contribution in [2.75, 3.05) is 0 Å². The third-order valence-corrected chi connectivity index (χ3v) is 2.59. The first-order chi connectivity index (χ1) is 8.16. The van der Waals surface area contributed by atoms with Gasteiger partial charge in [-0.15, -0.1) is 0 Å². The molecular weight excluding hydrogens is 236 g/mol. The molecular formula is C13H11ClN2O. The van der Waals surface area contributed by atoms with Crippen LogP contribution >= 0.6 is 11.6 Å². The topological polar surface area (TPSA) is 34.9 Å². The molecule has 1 aromatic heterocycles. The highest BCUT2D eigenvalue weighted by molar-refractivity contribution is 6.30. The number of carbonyl (C=O) groups excluding carboxylic acids is 1. The molecule has 1 heterocycles. The van der Waals surface area contributed by atoms with Crippen molar-refractivity contribution in [3.05, 3.63) is 59.1 Å². The third kappa shape index (κ3) is 2.82. The Morgan fingerprint density at radius 2 is 2.06 bits per heavy atom. The SMILES string of the molecule is Cn1ccnc1C(=O)/C=C/c1ccc(Cl)cc1. The van der Waals surface area contributed by atoms with E-state index in [2.05, 4.69) is 4.98 Å². The van der Waals surface area contributed by atoms with Gasteiger partial charge in [0.1, 0.15) is 0 Å². The number of benzene rings is 1. The number of carbonyl (C=O) groups is 1. The van der Waals surface area contributed by atoms with E-state index in [0.717, 1.165) is 5.56 Å². The van der Waals surface area contributed by atoms with Crippen molar-refractivity contribution in [2.45, 2.75) is 0 Å². The molecule has 0 atom stereocenters. The highest BCUT2D eigenvalue weighted by Gasteiger charge is 2.06. The molecule has 0 aliphatic carbocycles. The predicted octanol–water partition coefficient (Wildman–Crippen LogP) is 2.97. The molecule has 0 saturated carbocycles. The fourth-order valence-corrected chi connectivity index (χ4v) is 1.55. The summed E-state index contributed by atoms with van der Waals surface area (Å²) in [6, 6.07) is 7.27. The van der Waals surface area contributed by atoms with Gasteiger partial charge in [-0.1, -0.05) is 29.8 Å². The summed E-state index contributed by atoms with van der Waals surface area (Å²) in [5, 5.41) is 0.678. The number of aryl methyl sites for hydroxylation is 1. The molecule has 0 N–H and O–H groups in total. The van der Waals surface area contributed by atoms with Crippen LogP contribution in [0.5, 0.6) is 0 Å². The molecule has 0 saturated heterocycles. The van der Waals surface area contributed by atoms with Crippen molar-refractivity contribution in [3.8, 4) is 0 Å². The molecule has 0 amide bonds. The molecule has 0 fully saturated rings. The van der Waals surface area contributed by atoms with Gasteiger partial charge >= 0.3 is 0 Å². The van der Waals surface area contributed by atoms with Gasteiger partial charge in [-0.2, -0.15) is 0 Å². The largest absolute Gasteiger partial charge is 0.331 e. The lowest BCUT2D eigenvalue weighted by Crippen LogP contribution is -2.03. The van der Waals surface area contributed by atoms with Crippen LogP contribution in [-0.2, 0) is 7.05 Å². The first kappa shape index (κ1) is 11.6. The highest BCUT2D eigenvalue weighted by Crippen LogP contribution is 2.11. The first-order valence-corrected chi connectivity index (χ1v) is 5.50. The van der Waals surface area contributed by atoms with Crippen LogP contribution in [0.3, 0.4) is 0 Å². The van der Waals surface area contributed by atoms with E-state index >= 15 is 0 Å². The normalized spacial score (nSPS) is 10.9. The summed E-state index contributed by atoms with van der Waals surface area (Å²) in [4.78, 5) is 15.8. The van der Waals surface area contributed by atoms with E-state index in [1.807, 2.05) is 12.1 Å². The lowest BCUT2D eigenvalue weighted by atomic mass is 10.2. The number of aromatic nitrogens is 2. The summed E-state index contributed by atoms with van der Waals surface area (Å²) in [6.07, 6.45) is 6.59. The number of halogens is 1. The smallest absolute Gasteiger partial charge is 0.221 e. The van der Waals surface area contributed by atoms with Gasteiger partial charge in [0.2, 0.25) is 5.78 Å². The number of hydrogen-bond donors (Lipinski definition) is 0. The second kappa shape index (κ2) is 4.97. The Morgan fingerprint density at radius 1 is 1.35 bits per heavy atom. The van der Waals surface area contributed by atoms with Crippen LogP contribution in [-0.4, -0.2) is 15.3 Å². The highest BCUT2D eigenvalue weighted by atomic mass is 35.5. The molecule has 0 spiro atoms. The minimum atomic E-state index is -0.118. The summed E-state index contributed by atoms with van der Waals surface area (Å²) in [7, 11) is 1.79. The van der Waals surface area contributed by atoms with Crippen LogP contribution in [0.4, 0.5) is 0 Å². The molecule has 3 nitrogen and oxygen atoms in total. The molecule has 0 radical (unpaired) electrons. The molecule has 17 heavy (non-hydrogen) atoms. The Balaban J connectivity index is 2.14. The maximum absolute atomic E-state index is 11.8. The van der Waals surface area contributed by atoms with Crippen molar-refractivity contribution in [1.82, 2.24) is 9.55 Å². The molecule has 1 aromatic carbocycles. The zero-order valence-electron chi connectivity index (χ0n) is 9.30. The summed E-state index contributed by atoms with van der Waals surface area (Å²) in [5.41, 5.74) is 0.928. The van der Waals surface area contributed by atoms with Crippen LogP contribution in [0.1, 0.15) is 16.2 Å². The number of allylic oxidation sites excluding steroid dienone is 1. The van der Waals surface area contributed by atoms with E-state index < -0.39 is 0 Å². The fourth-order valence-electron chi connectivity index (χ4n) is 1.42. The lowest BCUT2D eigenvalue weighted by molar-refractivity contribution is 0.103. The van der Waals surface area contributed by atoms with Crippen LogP contribution < -0.4 is 0 Å².